The molecule has 0 bridgehead atoms. The fraction of sp³-hybridized carbons (Fsp3) is 0.200. The molecule has 0 amide bonds. The van der Waals surface area contributed by atoms with Gasteiger partial charge in [-0.25, -0.2) is 4.68 Å². The highest BCUT2D eigenvalue weighted by Gasteiger charge is 2.12. The molecule has 0 aliphatic carbocycles. The highest BCUT2D eigenvalue weighted by Crippen LogP contribution is 2.25. The Kier molecular flexibility index (Phi) is 3.49. The molecule has 0 aliphatic heterocycles. The Morgan fingerprint density at radius 2 is 2.18 bits per heavy atom. The van der Waals surface area contributed by atoms with Crippen molar-refractivity contribution in [2.45, 2.75) is 17.0 Å². The Morgan fingerprint density at radius 1 is 1.41 bits per heavy atom. The van der Waals surface area contributed by atoms with E-state index < -0.39 is 0 Å². The van der Waals surface area contributed by atoms with Crippen LogP contribution in [-0.2, 0) is 0 Å². The van der Waals surface area contributed by atoms with Gasteiger partial charge in [0, 0.05) is 16.1 Å². The fourth-order valence-corrected chi connectivity index (χ4v) is 2.12. The SMILES string of the molecule is CCSc1nnc(-c2ccc(S)c(N)c2)n1N. The second-order valence-electron chi connectivity index (χ2n) is 3.38. The van der Waals surface area contributed by atoms with Gasteiger partial charge in [0.1, 0.15) is 0 Å². The predicted octanol–water partition coefficient (Wildman–Crippen LogP) is 1.64. The molecule has 0 saturated carbocycles. The molecule has 0 aliphatic rings. The first kappa shape index (κ1) is 12.1. The standard InChI is InChI=1S/C10H13N5S2/c1-2-17-10-14-13-9(15(10)12)6-3-4-8(16)7(11)5-6/h3-5,16H,2,11-12H2,1H3. The van der Waals surface area contributed by atoms with Gasteiger partial charge in [0.05, 0.1) is 0 Å². The summed E-state index contributed by atoms with van der Waals surface area (Å²) in [4.78, 5) is 0.736. The Labute approximate surface area is 109 Å². The number of anilines is 1. The minimum atomic E-state index is 0.596. The molecular weight excluding hydrogens is 254 g/mol. The van der Waals surface area contributed by atoms with E-state index in [-0.39, 0.29) is 0 Å². The summed E-state index contributed by atoms with van der Waals surface area (Å²) in [5.41, 5.74) is 7.22. The Morgan fingerprint density at radius 3 is 2.82 bits per heavy atom. The van der Waals surface area contributed by atoms with Gasteiger partial charge < -0.3 is 11.6 Å². The highest BCUT2D eigenvalue weighted by atomic mass is 32.2. The molecule has 0 radical (unpaired) electrons. The van der Waals surface area contributed by atoms with Crippen LogP contribution in [0.1, 0.15) is 6.92 Å². The molecule has 2 rings (SSSR count). The van der Waals surface area contributed by atoms with Crippen LogP contribution in [0.15, 0.2) is 28.3 Å². The van der Waals surface area contributed by atoms with Crippen molar-refractivity contribution in [3.8, 4) is 11.4 Å². The summed E-state index contributed by atoms with van der Waals surface area (Å²) in [5, 5.41) is 8.78. The number of benzene rings is 1. The predicted molar refractivity (Wildman–Crippen MR) is 73.7 cm³/mol. The van der Waals surface area contributed by atoms with Crippen molar-refractivity contribution in [2.75, 3.05) is 17.3 Å². The number of aromatic nitrogens is 3. The molecule has 0 unspecified atom stereocenters. The number of hydrogen-bond acceptors (Lipinski definition) is 6. The van der Waals surface area contributed by atoms with E-state index in [9.17, 15) is 0 Å². The highest BCUT2D eigenvalue weighted by molar-refractivity contribution is 7.99. The first-order valence-corrected chi connectivity index (χ1v) is 6.49. The molecule has 1 aromatic carbocycles. The number of hydrogen-bond donors (Lipinski definition) is 3. The van der Waals surface area contributed by atoms with Gasteiger partial charge in [-0.05, 0) is 24.0 Å². The van der Waals surface area contributed by atoms with E-state index >= 15 is 0 Å². The first-order valence-electron chi connectivity index (χ1n) is 5.05. The number of nitrogens with zero attached hydrogens (tertiary/aromatic N) is 3. The Hall–Kier alpha value is -1.34. The Balaban J connectivity index is 2.42. The minimum absolute atomic E-state index is 0.596. The van der Waals surface area contributed by atoms with Gasteiger partial charge in [0.15, 0.2) is 5.82 Å². The number of nitrogens with two attached hydrogens (primary N) is 2. The summed E-state index contributed by atoms with van der Waals surface area (Å²) in [7, 11) is 0. The molecule has 5 nitrogen and oxygen atoms in total. The fourth-order valence-electron chi connectivity index (χ4n) is 1.40. The van der Waals surface area contributed by atoms with Gasteiger partial charge in [0.2, 0.25) is 5.16 Å². The van der Waals surface area contributed by atoms with Crippen molar-refractivity contribution in [1.29, 1.82) is 0 Å². The van der Waals surface area contributed by atoms with E-state index in [0.717, 1.165) is 16.2 Å². The average molecular weight is 267 g/mol. The number of nitrogen functional groups attached to an aromatic ring is 2. The lowest BCUT2D eigenvalue weighted by molar-refractivity contribution is 0.850. The largest absolute Gasteiger partial charge is 0.398 e. The minimum Gasteiger partial charge on any atom is -0.398 e. The maximum atomic E-state index is 5.92. The lowest BCUT2D eigenvalue weighted by Gasteiger charge is -2.04. The summed E-state index contributed by atoms with van der Waals surface area (Å²) >= 11 is 5.76. The molecule has 2 aromatic rings. The molecule has 1 aromatic heterocycles. The summed E-state index contributed by atoms with van der Waals surface area (Å²) in [5.74, 6) is 7.41. The van der Waals surface area contributed by atoms with Crippen LogP contribution < -0.4 is 11.6 Å². The van der Waals surface area contributed by atoms with E-state index in [1.807, 2.05) is 19.1 Å². The molecule has 17 heavy (non-hydrogen) atoms. The third kappa shape index (κ3) is 2.34. The maximum absolute atomic E-state index is 5.92. The molecule has 90 valence electrons. The van der Waals surface area contributed by atoms with Gasteiger partial charge in [-0.1, -0.05) is 18.7 Å². The van der Waals surface area contributed by atoms with E-state index in [1.54, 1.807) is 17.8 Å². The summed E-state index contributed by atoms with van der Waals surface area (Å²) in [6, 6.07) is 5.47. The molecule has 7 heteroatoms. The number of rotatable bonds is 3. The molecule has 1 heterocycles. The Bertz CT molecular complexity index is 537. The molecule has 0 saturated heterocycles. The third-order valence-electron chi connectivity index (χ3n) is 2.22. The van der Waals surface area contributed by atoms with Crippen molar-refractivity contribution < 1.29 is 0 Å². The van der Waals surface area contributed by atoms with Crippen molar-refractivity contribution in [3.05, 3.63) is 18.2 Å². The van der Waals surface area contributed by atoms with Crippen molar-refractivity contribution in [3.63, 3.8) is 0 Å². The van der Waals surface area contributed by atoms with E-state index in [1.165, 1.54) is 4.68 Å². The zero-order valence-corrected chi connectivity index (χ0v) is 11.0. The van der Waals surface area contributed by atoms with Gasteiger partial charge in [0.25, 0.3) is 0 Å². The summed E-state index contributed by atoms with van der Waals surface area (Å²) in [6.07, 6.45) is 0. The van der Waals surface area contributed by atoms with Crippen LogP contribution in [0.2, 0.25) is 0 Å². The van der Waals surface area contributed by atoms with Crippen LogP contribution in [0, 0.1) is 0 Å². The lowest BCUT2D eigenvalue weighted by atomic mass is 10.2. The molecule has 0 fully saturated rings. The van der Waals surface area contributed by atoms with E-state index in [4.69, 9.17) is 11.6 Å². The monoisotopic (exact) mass is 267 g/mol. The van der Waals surface area contributed by atoms with Crippen LogP contribution in [-0.4, -0.2) is 20.6 Å². The smallest absolute Gasteiger partial charge is 0.210 e. The first-order chi connectivity index (χ1) is 8.13. The van der Waals surface area contributed by atoms with Crippen molar-refractivity contribution in [1.82, 2.24) is 14.9 Å². The second kappa shape index (κ2) is 4.89. The van der Waals surface area contributed by atoms with Crippen LogP contribution in [0.3, 0.4) is 0 Å². The van der Waals surface area contributed by atoms with Gasteiger partial charge in [-0.2, -0.15) is 0 Å². The van der Waals surface area contributed by atoms with E-state index in [0.29, 0.717) is 16.7 Å². The molecular formula is C10H13N5S2. The van der Waals surface area contributed by atoms with Crippen LogP contribution in [0.4, 0.5) is 5.69 Å². The van der Waals surface area contributed by atoms with Crippen molar-refractivity contribution in [2.24, 2.45) is 0 Å². The van der Waals surface area contributed by atoms with Gasteiger partial charge in [-0.15, -0.1) is 22.8 Å². The topological polar surface area (TPSA) is 82.8 Å². The van der Waals surface area contributed by atoms with Crippen LogP contribution in [0.25, 0.3) is 11.4 Å². The van der Waals surface area contributed by atoms with Gasteiger partial charge in [-0.3, -0.25) is 0 Å². The lowest BCUT2D eigenvalue weighted by Crippen LogP contribution is -2.11. The zero-order valence-electron chi connectivity index (χ0n) is 9.29. The normalized spacial score (nSPS) is 10.7. The zero-order chi connectivity index (χ0) is 12.4. The number of thioether (sulfide) groups is 1. The van der Waals surface area contributed by atoms with E-state index in [2.05, 4.69) is 22.8 Å². The molecule has 4 N–H and O–H groups in total. The third-order valence-corrected chi connectivity index (χ3v) is 3.46. The second-order valence-corrected chi connectivity index (χ2v) is 5.10. The van der Waals surface area contributed by atoms with Crippen LogP contribution >= 0.6 is 24.4 Å². The summed E-state index contributed by atoms with van der Waals surface area (Å²) < 4.78 is 1.47. The summed E-state index contributed by atoms with van der Waals surface area (Å²) in [6.45, 7) is 2.03. The molecule has 0 spiro atoms. The van der Waals surface area contributed by atoms with Gasteiger partial charge >= 0.3 is 0 Å². The quantitative estimate of drug-likeness (QED) is 0.341. The van der Waals surface area contributed by atoms with Crippen molar-refractivity contribution >= 4 is 30.1 Å². The number of thiol groups is 1. The maximum Gasteiger partial charge on any atom is 0.210 e. The molecule has 0 atom stereocenters. The van der Waals surface area contributed by atoms with Crippen LogP contribution in [0.5, 0.6) is 0 Å². The average Bonchev–Trinajstić information content (AvgIpc) is 2.66.